The highest BCUT2D eigenvalue weighted by molar-refractivity contribution is 7.99. The van der Waals surface area contributed by atoms with Crippen LogP contribution in [0.3, 0.4) is 0 Å². The van der Waals surface area contributed by atoms with Crippen molar-refractivity contribution in [2.45, 2.75) is 23.4 Å². The number of anilines is 1. The molecule has 2 aromatic carbocycles. The van der Waals surface area contributed by atoms with Gasteiger partial charge in [-0.15, -0.1) is 11.3 Å². The Morgan fingerprint density at radius 1 is 1.07 bits per heavy atom. The van der Waals surface area contributed by atoms with Crippen LogP contribution in [0.15, 0.2) is 82.4 Å². The molecule has 0 aliphatic rings. The Morgan fingerprint density at radius 3 is 2.62 bits per heavy atom. The molecule has 0 aliphatic heterocycles. The average molecular weight is 419 g/mol. The van der Waals surface area contributed by atoms with Gasteiger partial charge in [0, 0.05) is 34.8 Å². The third-order valence-electron chi connectivity index (χ3n) is 4.18. The summed E-state index contributed by atoms with van der Waals surface area (Å²) in [4.78, 5) is 26.6. The fourth-order valence-corrected chi connectivity index (χ4v) is 4.35. The van der Waals surface area contributed by atoms with Crippen molar-refractivity contribution in [2.75, 3.05) is 5.32 Å². The van der Waals surface area contributed by atoms with Crippen LogP contribution in [0.2, 0.25) is 0 Å². The van der Waals surface area contributed by atoms with Gasteiger partial charge in [0.05, 0.1) is 5.01 Å². The molecule has 0 atom stereocenters. The molecule has 4 aromatic rings. The normalized spacial score (nSPS) is 10.7. The Kier molecular flexibility index (Phi) is 5.97. The summed E-state index contributed by atoms with van der Waals surface area (Å²) >= 11 is 2.99. The molecule has 0 saturated heterocycles. The predicted octanol–water partition coefficient (Wildman–Crippen LogP) is 5.24. The molecule has 1 amide bonds. The first kappa shape index (κ1) is 19.3. The highest BCUT2D eigenvalue weighted by atomic mass is 32.2. The van der Waals surface area contributed by atoms with Crippen LogP contribution < -0.4 is 5.32 Å². The molecule has 0 bridgehead atoms. The van der Waals surface area contributed by atoms with Gasteiger partial charge in [-0.3, -0.25) is 4.79 Å². The number of benzene rings is 2. The van der Waals surface area contributed by atoms with Crippen LogP contribution in [0.4, 0.5) is 5.69 Å². The summed E-state index contributed by atoms with van der Waals surface area (Å²) in [5.74, 6) is -0.199. The van der Waals surface area contributed by atoms with Crippen molar-refractivity contribution in [3.8, 4) is 0 Å². The van der Waals surface area contributed by atoms with Crippen LogP contribution in [0.25, 0.3) is 0 Å². The number of aryl methyl sites for hydroxylation is 1. The Balaban J connectivity index is 1.42. The van der Waals surface area contributed by atoms with E-state index in [1.165, 1.54) is 28.7 Å². The highest BCUT2D eigenvalue weighted by Crippen LogP contribution is 2.28. The number of rotatable bonds is 6. The van der Waals surface area contributed by atoms with E-state index in [1.807, 2.05) is 43.3 Å². The Labute approximate surface area is 177 Å². The van der Waals surface area contributed by atoms with E-state index in [-0.39, 0.29) is 5.91 Å². The number of nitrogens with one attached hydrogen (secondary N) is 1. The van der Waals surface area contributed by atoms with Gasteiger partial charge in [0.2, 0.25) is 0 Å². The van der Waals surface area contributed by atoms with E-state index in [4.69, 9.17) is 0 Å². The number of amides is 1. The number of carbonyl (C=O) groups is 1. The van der Waals surface area contributed by atoms with E-state index >= 15 is 0 Å². The molecule has 0 saturated carbocycles. The smallest absolute Gasteiger partial charge is 0.275 e. The van der Waals surface area contributed by atoms with Gasteiger partial charge in [0.25, 0.3) is 5.91 Å². The van der Waals surface area contributed by atoms with E-state index in [1.54, 1.807) is 23.8 Å². The molecular formula is C22H18N4OS2. The summed E-state index contributed by atoms with van der Waals surface area (Å²) in [6, 6.07) is 17.8. The van der Waals surface area contributed by atoms with Crippen molar-refractivity contribution in [3.05, 3.63) is 94.2 Å². The zero-order chi connectivity index (χ0) is 20.1. The van der Waals surface area contributed by atoms with Crippen molar-refractivity contribution in [2.24, 2.45) is 0 Å². The Morgan fingerprint density at radius 2 is 1.86 bits per heavy atom. The Bertz CT molecular complexity index is 1110. The highest BCUT2D eigenvalue weighted by Gasteiger charge is 2.13. The first-order valence-electron chi connectivity index (χ1n) is 9.02. The molecule has 0 unspecified atom stereocenters. The maximum atomic E-state index is 12.6. The number of aromatic nitrogens is 3. The molecule has 144 valence electrons. The fourth-order valence-electron chi connectivity index (χ4n) is 2.74. The molecule has 29 heavy (non-hydrogen) atoms. The predicted molar refractivity (Wildman–Crippen MR) is 117 cm³/mol. The van der Waals surface area contributed by atoms with Gasteiger partial charge in [0.1, 0.15) is 5.69 Å². The molecule has 1 N–H and O–H groups in total. The van der Waals surface area contributed by atoms with E-state index in [0.717, 1.165) is 27.6 Å². The number of thiazole rings is 1. The van der Waals surface area contributed by atoms with Gasteiger partial charge in [-0.2, -0.15) is 0 Å². The molecule has 2 aromatic heterocycles. The molecule has 0 radical (unpaired) electrons. The fraction of sp³-hybridized carbons (Fsp3) is 0.0909. The lowest BCUT2D eigenvalue weighted by molar-refractivity contribution is 0.102. The summed E-state index contributed by atoms with van der Waals surface area (Å²) in [5, 5.41) is 6.38. The Hall–Kier alpha value is -3.03. The average Bonchev–Trinajstić information content (AvgIpc) is 3.20. The van der Waals surface area contributed by atoms with E-state index in [9.17, 15) is 4.79 Å². The largest absolute Gasteiger partial charge is 0.320 e. The van der Waals surface area contributed by atoms with E-state index in [2.05, 4.69) is 32.4 Å². The summed E-state index contributed by atoms with van der Waals surface area (Å²) in [5.41, 5.74) is 3.36. The van der Waals surface area contributed by atoms with E-state index < -0.39 is 0 Å². The lowest BCUT2D eigenvalue weighted by atomic mass is 10.2. The molecule has 0 spiro atoms. The lowest BCUT2D eigenvalue weighted by Gasteiger charge is -2.09. The minimum absolute atomic E-state index is 0.199. The van der Waals surface area contributed by atoms with Gasteiger partial charge in [0.15, 0.2) is 5.16 Å². The molecular weight excluding hydrogens is 400 g/mol. The standard InChI is InChI=1S/C22H18N4OS2/c1-15-12-17(29-22-23-10-5-11-24-22)8-9-18(15)26-21(27)19-14-28-20(25-19)13-16-6-3-2-4-7-16/h2-12,14H,13H2,1H3,(H,26,27). The van der Waals surface area contributed by atoms with Gasteiger partial charge in [-0.25, -0.2) is 15.0 Å². The summed E-state index contributed by atoms with van der Waals surface area (Å²) in [6.07, 6.45) is 4.17. The summed E-state index contributed by atoms with van der Waals surface area (Å²) in [6.45, 7) is 1.97. The number of carbonyl (C=O) groups excluding carboxylic acids is 1. The van der Waals surface area contributed by atoms with Gasteiger partial charge in [-0.05, 0) is 54.1 Å². The van der Waals surface area contributed by atoms with Crippen molar-refractivity contribution in [3.63, 3.8) is 0 Å². The number of hydrogen-bond acceptors (Lipinski definition) is 6. The zero-order valence-electron chi connectivity index (χ0n) is 15.7. The van der Waals surface area contributed by atoms with Crippen molar-refractivity contribution < 1.29 is 4.79 Å². The van der Waals surface area contributed by atoms with Crippen LogP contribution in [0.1, 0.15) is 26.6 Å². The van der Waals surface area contributed by atoms with Gasteiger partial charge < -0.3 is 5.32 Å². The van der Waals surface area contributed by atoms with Crippen LogP contribution in [-0.4, -0.2) is 20.9 Å². The van der Waals surface area contributed by atoms with Gasteiger partial charge in [-0.1, -0.05) is 30.3 Å². The zero-order valence-corrected chi connectivity index (χ0v) is 17.3. The third kappa shape index (κ3) is 5.07. The molecule has 7 heteroatoms. The minimum atomic E-state index is -0.199. The molecule has 0 aliphatic carbocycles. The van der Waals surface area contributed by atoms with Gasteiger partial charge >= 0.3 is 0 Å². The minimum Gasteiger partial charge on any atom is -0.320 e. The quantitative estimate of drug-likeness (QED) is 0.434. The van der Waals surface area contributed by atoms with Crippen LogP contribution in [-0.2, 0) is 6.42 Å². The van der Waals surface area contributed by atoms with Crippen molar-refractivity contribution in [1.82, 2.24) is 15.0 Å². The maximum absolute atomic E-state index is 12.6. The lowest BCUT2D eigenvalue weighted by Crippen LogP contribution is -2.13. The summed E-state index contributed by atoms with van der Waals surface area (Å²) < 4.78 is 0. The molecule has 4 rings (SSSR count). The molecule has 0 fully saturated rings. The van der Waals surface area contributed by atoms with E-state index in [0.29, 0.717) is 10.9 Å². The van der Waals surface area contributed by atoms with Crippen LogP contribution in [0.5, 0.6) is 0 Å². The SMILES string of the molecule is Cc1cc(Sc2ncccn2)ccc1NC(=O)c1csc(Cc2ccccc2)n1. The molecule has 5 nitrogen and oxygen atoms in total. The van der Waals surface area contributed by atoms with Crippen molar-refractivity contribution in [1.29, 1.82) is 0 Å². The second-order valence-electron chi connectivity index (χ2n) is 6.35. The maximum Gasteiger partial charge on any atom is 0.275 e. The third-order valence-corrected chi connectivity index (χ3v) is 5.91. The summed E-state index contributed by atoms with van der Waals surface area (Å²) in [7, 11) is 0. The number of hydrogen-bond donors (Lipinski definition) is 1. The van der Waals surface area contributed by atoms with Crippen molar-refractivity contribution >= 4 is 34.7 Å². The number of nitrogens with zero attached hydrogens (tertiary/aromatic N) is 3. The molecule has 2 heterocycles. The topological polar surface area (TPSA) is 67.8 Å². The van der Waals surface area contributed by atoms with Crippen LogP contribution in [0, 0.1) is 6.92 Å². The monoisotopic (exact) mass is 418 g/mol. The second-order valence-corrected chi connectivity index (χ2v) is 8.34. The second kappa shape index (κ2) is 8.98. The first-order valence-corrected chi connectivity index (χ1v) is 10.7. The van der Waals surface area contributed by atoms with Crippen LogP contribution >= 0.6 is 23.1 Å². The first-order chi connectivity index (χ1) is 14.2.